The van der Waals surface area contributed by atoms with Gasteiger partial charge in [-0.05, 0) is 31.9 Å². The van der Waals surface area contributed by atoms with Gasteiger partial charge in [-0.3, -0.25) is 4.79 Å². The van der Waals surface area contributed by atoms with Gasteiger partial charge in [0.2, 0.25) is 5.91 Å². The van der Waals surface area contributed by atoms with Gasteiger partial charge in [-0.1, -0.05) is 24.6 Å². The van der Waals surface area contributed by atoms with E-state index in [9.17, 15) is 4.79 Å². The first-order valence-electron chi connectivity index (χ1n) is 6.69. The normalized spacial score (nSPS) is 20.6. The van der Waals surface area contributed by atoms with Crippen molar-refractivity contribution < 1.29 is 42.2 Å². The van der Waals surface area contributed by atoms with Crippen molar-refractivity contribution in [3.05, 3.63) is 37.3 Å². The molecular weight excluding hydrogens is 327 g/mol. The van der Waals surface area contributed by atoms with E-state index in [0.717, 1.165) is 25.0 Å². The first kappa shape index (κ1) is 19.6. The summed E-state index contributed by atoms with van der Waals surface area (Å²) in [6.45, 7) is 4.78. The van der Waals surface area contributed by atoms with E-state index in [2.05, 4.69) is 19.2 Å². The van der Waals surface area contributed by atoms with Crippen LogP contribution in [0.25, 0.3) is 0 Å². The number of hydrogen-bond donors (Lipinski definition) is 1. The Morgan fingerprint density at radius 2 is 1.95 bits per heavy atom. The molecule has 0 aromatic heterocycles. The molecule has 4 heteroatoms. The van der Waals surface area contributed by atoms with E-state index in [1.807, 2.05) is 24.3 Å². The molecule has 2 atom stereocenters. The summed E-state index contributed by atoms with van der Waals surface area (Å²) >= 11 is 0. The van der Waals surface area contributed by atoms with Crippen molar-refractivity contribution in [2.75, 3.05) is 6.61 Å². The van der Waals surface area contributed by atoms with Crippen molar-refractivity contribution in [1.82, 2.24) is 5.32 Å². The van der Waals surface area contributed by atoms with Crippen molar-refractivity contribution in [2.45, 2.75) is 39.2 Å². The Morgan fingerprint density at radius 1 is 1.30 bits per heavy atom. The van der Waals surface area contributed by atoms with Gasteiger partial charge in [0.1, 0.15) is 5.75 Å². The molecule has 0 saturated carbocycles. The molecule has 1 aromatic rings. The van der Waals surface area contributed by atoms with Crippen LogP contribution >= 0.6 is 0 Å². The topological polar surface area (TPSA) is 38.3 Å². The Balaban J connectivity index is 0.00000180. The molecule has 2 rings (SSSR count). The summed E-state index contributed by atoms with van der Waals surface area (Å²) in [5, 5.41) is 3.03. The van der Waals surface area contributed by atoms with Crippen molar-refractivity contribution in [3.63, 3.8) is 0 Å². The number of aryl methyl sites for hydroxylation is 1. The molecule has 20 heavy (non-hydrogen) atoms. The third-order valence-electron chi connectivity index (χ3n) is 3.54. The van der Waals surface area contributed by atoms with Crippen molar-refractivity contribution in [3.8, 4) is 5.75 Å². The molecule has 1 heterocycles. The number of amides is 1. The molecule has 1 aliphatic rings. The quantitative estimate of drug-likeness (QED) is 0.828. The molecule has 0 bridgehead atoms. The average molecular weight is 351 g/mol. The van der Waals surface area contributed by atoms with Gasteiger partial charge >= 0.3 is 0 Å². The van der Waals surface area contributed by atoms with Gasteiger partial charge in [0, 0.05) is 51.1 Å². The van der Waals surface area contributed by atoms with Crippen LogP contribution in [0.2, 0.25) is 0 Å². The molecule has 1 fully saturated rings. The van der Waals surface area contributed by atoms with Crippen LogP contribution in [0.5, 0.6) is 5.75 Å². The molecule has 1 aliphatic heterocycles. The standard InChI is InChI=1S/C15H21NO2.CH3.Y/c1-3-12-10-13(16-15(12)17)8-9-18-14-6-4-11(2)5-7-14;;/h4-7,12-13H,3,8-10H2,1-2H3,(H,16,17);1H3;/q;-1;/t12-,13?;;/m1../s1. The second-order valence-corrected chi connectivity index (χ2v) is 5.00. The summed E-state index contributed by atoms with van der Waals surface area (Å²) in [4.78, 5) is 11.5. The van der Waals surface area contributed by atoms with Crippen LogP contribution in [0.1, 0.15) is 31.7 Å². The van der Waals surface area contributed by atoms with Gasteiger partial charge < -0.3 is 17.5 Å². The molecule has 1 unspecified atom stereocenters. The predicted octanol–water partition coefficient (Wildman–Crippen LogP) is 3.13. The molecule has 1 N–H and O–H groups in total. The maximum absolute atomic E-state index is 11.5. The van der Waals surface area contributed by atoms with Gasteiger partial charge in [-0.15, -0.1) is 0 Å². The molecule has 1 radical (unpaired) electrons. The summed E-state index contributed by atoms with van der Waals surface area (Å²) < 4.78 is 5.68. The van der Waals surface area contributed by atoms with Crippen LogP contribution in [0, 0.1) is 20.3 Å². The molecule has 1 saturated heterocycles. The van der Waals surface area contributed by atoms with Gasteiger partial charge in [0.25, 0.3) is 0 Å². The Hall–Kier alpha value is -0.406. The van der Waals surface area contributed by atoms with E-state index in [1.54, 1.807) is 0 Å². The predicted molar refractivity (Wildman–Crippen MR) is 78.0 cm³/mol. The fourth-order valence-corrected chi connectivity index (χ4v) is 2.32. The van der Waals surface area contributed by atoms with Crippen LogP contribution < -0.4 is 10.1 Å². The first-order valence-corrected chi connectivity index (χ1v) is 6.69. The van der Waals surface area contributed by atoms with Crippen LogP contribution in [0.15, 0.2) is 24.3 Å². The summed E-state index contributed by atoms with van der Waals surface area (Å²) in [5.41, 5.74) is 1.23. The van der Waals surface area contributed by atoms with Gasteiger partial charge in [-0.2, -0.15) is 0 Å². The molecule has 109 valence electrons. The third-order valence-corrected chi connectivity index (χ3v) is 3.54. The second kappa shape index (κ2) is 9.52. The van der Waals surface area contributed by atoms with E-state index < -0.39 is 0 Å². The molecule has 0 aliphatic carbocycles. The Kier molecular flexibility index (Phi) is 9.32. The van der Waals surface area contributed by atoms with Gasteiger partial charge in [0.15, 0.2) is 0 Å². The van der Waals surface area contributed by atoms with E-state index >= 15 is 0 Å². The van der Waals surface area contributed by atoms with Gasteiger partial charge in [-0.25, -0.2) is 0 Å². The van der Waals surface area contributed by atoms with E-state index in [1.165, 1.54) is 5.56 Å². The van der Waals surface area contributed by atoms with Crippen LogP contribution in [0.3, 0.4) is 0 Å². The van der Waals surface area contributed by atoms with Crippen LogP contribution in [-0.2, 0) is 37.5 Å². The van der Waals surface area contributed by atoms with E-state index in [-0.39, 0.29) is 58.0 Å². The summed E-state index contributed by atoms with van der Waals surface area (Å²) in [6.07, 6.45) is 2.77. The SMILES string of the molecule is CC[C@@H]1CC(CCOc2ccc(C)cc2)NC1=O.[CH3-].[Y]. The second-order valence-electron chi connectivity index (χ2n) is 5.00. The minimum Gasteiger partial charge on any atom is -0.494 e. The third kappa shape index (κ3) is 5.53. The number of hydrogen-bond acceptors (Lipinski definition) is 2. The number of ether oxygens (including phenoxy) is 1. The number of benzene rings is 1. The Morgan fingerprint density at radius 3 is 2.50 bits per heavy atom. The maximum atomic E-state index is 11.5. The smallest absolute Gasteiger partial charge is 0.223 e. The van der Waals surface area contributed by atoms with E-state index in [4.69, 9.17) is 4.74 Å². The Bertz CT molecular complexity index is 405. The number of carbonyl (C=O) groups excluding carboxylic acids is 1. The van der Waals surface area contributed by atoms with Crippen LogP contribution in [0.4, 0.5) is 0 Å². The zero-order valence-corrected chi connectivity index (χ0v) is 15.5. The molecule has 1 aromatic carbocycles. The summed E-state index contributed by atoms with van der Waals surface area (Å²) in [6, 6.07) is 8.34. The molecule has 0 spiro atoms. The molecule has 3 nitrogen and oxygen atoms in total. The Labute approximate surface area is 147 Å². The van der Waals surface area contributed by atoms with Crippen molar-refractivity contribution in [1.29, 1.82) is 0 Å². The number of nitrogens with one attached hydrogen (secondary N) is 1. The zero-order valence-electron chi connectivity index (χ0n) is 12.7. The minimum absolute atomic E-state index is 0. The first-order chi connectivity index (χ1) is 8.69. The minimum atomic E-state index is 0. The summed E-state index contributed by atoms with van der Waals surface area (Å²) in [5.74, 6) is 1.31. The zero-order chi connectivity index (χ0) is 13.0. The van der Waals surface area contributed by atoms with Crippen LogP contribution in [-0.4, -0.2) is 18.6 Å². The molecule has 1 amide bonds. The van der Waals surface area contributed by atoms with Crippen molar-refractivity contribution in [2.24, 2.45) is 5.92 Å². The monoisotopic (exact) mass is 351 g/mol. The number of rotatable bonds is 5. The summed E-state index contributed by atoms with van der Waals surface area (Å²) in [7, 11) is 0. The molecular formula is C16H24NO2Y-. The maximum Gasteiger partial charge on any atom is 0.223 e. The fourth-order valence-electron chi connectivity index (χ4n) is 2.32. The average Bonchev–Trinajstić information content (AvgIpc) is 2.72. The fraction of sp³-hybridized carbons (Fsp3) is 0.500. The van der Waals surface area contributed by atoms with E-state index in [0.29, 0.717) is 6.61 Å². The largest absolute Gasteiger partial charge is 0.494 e. The van der Waals surface area contributed by atoms with Crippen molar-refractivity contribution >= 4 is 5.91 Å². The van der Waals surface area contributed by atoms with Gasteiger partial charge in [0.05, 0.1) is 6.61 Å². The number of carbonyl (C=O) groups is 1.